The minimum atomic E-state index is -1.20. The predicted octanol–water partition coefficient (Wildman–Crippen LogP) is 6.27. The maximum absolute atomic E-state index is 15.0. The Kier molecular flexibility index (Phi) is 18.5. The lowest BCUT2D eigenvalue weighted by Crippen LogP contribution is -2.57. The molecule has 1 fully saturated rings. The van der Waals surface area contributed by atoms with Gasteiger partial charge in [0.15, 0.2) is 0 Å². The zero-order valence-corrected chi connectivity index (χ0v) is 42.5. The molecule has 2 N–H and O–H groups in total. The second-order valence-electron chi connectivity index (χ2n) is 18.2. The van der Waals surface area contributed by atoms with Gasteiger partial charge in [-0.15, -0.1) is 5.10 Å². The number of likely N-dealkylation sites (N-methyl/N-ethyl adjacent to an activating group) is 2. The Morgan fingerprint density at radius 2 is 1.47 bits per heavy atom. The van der Waals surface area contributed by atoms with E-state index in [0.29, 0.717) is 40.1 Å². The molecule has 5 amide bonds. The van der Waals surface area contributed by atoms with E-state index >= 15 is 4.79 Å². The number of ether oxygens (including phenoxy) is 2. The third kappa shape index (κ3) is 13.9. The molecular formula is C52H63Cl2N9O7. The highest BCUT2D eigenvalue weighted by atomic mass is 35.5. The van der Waals surface area contributed by atoms with Crippen molar-refractivity contribution in [1.29, 1.82) is 0 Å². The van der Waals surface area contributed by atoms with Crippen molar-refractivity contribution in [3.05, 3.63) is 135 Å². The zero-order valence-electron chi connectivity index (χ0n) is 41.0. The van der Waals surface area contributed by atoms with Crippen molar-refractivity contribution < 1.29 is 33.4 Å². The van der Waals surface area contributed by atoms with Gasteiger partial charge in [0.05, 0.1) is 30.5 Å². The van der Waals surface area contributed by atoms with Crippen molar-refractivity contribution >= 4 is 52.7 Å². The molecule has 1 saturated heterocycles. The molecule has 0 aliphatic carbocycles. The van der Waals surface area contributed by atoms with Crippen LogP contribution in [-0.4, -0.2) is 137 Å². The zero-order chi connectivity index (χ0) is 50.6. The summed E-state index contributed by atoms with van der Waals surface area (Å²) < 4.78 is 13.7. The first-order chi connectivity index (χ1) is 33.4. The molecule has 18 heteroatoms. The summed E-state index contributed by atoms with van der Waals surface area (Å²) in [6.07, 6.45) is 0.173. The number of amides is 5. The molecule has 0 bridgehead atoms. The Morgan fingerprint density at radius 3 is 2.14 bits per heavy atom. The van der Waals surface area contributed by atoms with Crippen molar-refractivity contribution in [2.45, 2.75) is 83.7 Å². The highest BCUT2D eigenvalue weighted by molar-refractivity contribution is 6.31. The van der Waals surface area contributed by atoms with Gasteiger partial charge in [0.25, 0.3) is 0 Å². The number of halogens is 2. The van der Waals surface area contributed by atoms with Gasteiger partial charge in [-0.1, -0.05) is 76.9 Å². The van der Waals surface area contributed by atoms with Crippen molar-refractivity contribution in [1.82, 2.24) is 45.2 Å². The molecular weight excluding hydrogens is 934 g/mol. The van der Waals surface area contributed by atoms with Crippen LogP contribution in [0.15, 0.2) is 97.1 Å². The van der Waals surface area contributed by atoms with Crippen LogP contribution < -0.4 is 15.4 Å². The minimum absolute atomic E-state index is 0.0762. The molecule has 6 rings (SSSR count). The number of hydrogen-bond donors (Lipinski definition) is 2. The van der Waals surface area contributed by atoms with Crippen molar-refractivity contribution in [3.8, 4) is 17.2 Å². The number of methoxy groups -OCH3 is 1. The van der Waals surface area contributed by atoms with E-state index in [1.54, 1.807) is 73.1 Å². The summed E-state index contributed by atoms with van der Waals surface area (Å²) in [7, 11) is 8.59. The summed E-state index contributed by atoms with van der Waals surface area (Å²) in [5, 5.41) is 15.4. The molecule has 5 atom stereocenters. The molecule has 2 heterocycles. The van der Waals surface area contributed by atoms with Crippen LogP contribution in [0.25, 0.3) is 5.69 Å². The fraction of sp³-hybridized carbons (Fsp3) is 0.404. The Bertz CT molecular complexity index is 2600. The normalized spacial score (nSPS) is 20.3. The fourth-order valence-corrected chi connectivity index (χ4v) is 8.60. The summed E-state index contributed by atoms with van der Waals surface area (Å²) in [6.45, 7) is 5.77. The van der Waals surface area contributed by atoms with Gasteiger partial charge in [0.2, 0.25) is 29.5 Å². The van der Waals surface area contributed by atoms with Crippen molar-refractivity contribution in [2.24, 2.45) is 5.92 Å². The fourth-order valence-electron chi connectivity index (χ4n) is 8.32. The van der Waals surface area contributed by atoms with Crippen LogP contribution in [0.1, 0.15) is 54.8 Å². The first-order valence-corrected chi connectivity index (χ1v) is 24.0. The monoisotopic (exact) mass is 995 g/mol. The quantitative estimate of drug-likeness (QED) is 0.137. The van der Waals surface area contributed by atoms with Gasteiger partial charge in [-0.2, -0.15) is 0 Å². The standard InChI is InChI=1S/C52H63Cl2N9O7/c1-33-29-55-48(64)28-43(25-37-14-17-40(53)18-15-37)61(7)52(68)46(32-69-8)56-50(66)35(3)62(49(65)26-39(51(67)60(33)6)24-36-12-10-9-11-13-36)30-38-16-19-41(54)27-47(38)70-44-22-20-42(21-23-44)63-34(2)45(57-58-63)31-59(4)5/h9-23,27,33,35,39,43,46H,24-26,28-32H2,1-8H3,(H,55,64)(H,56,66)/t33-,35-,39+,43-,46-/m0/s1. The molecule has 0 unspecified atom stereocenters. The maximum Gasteiger partial charge on any atom is 0.247 e. The highest BCUT2D eigenvalue weighted by Crippen LogP contribution is 2.32. The van der Waals surface area contributed by atoms with E-state index in [-0.39, 0.29) is 50.8 Å². The van der Waals surface area contributed by atoms with Crippen LogP contribution in [0.4, 0.5) is 0 Å². The third-order valence-corrected chi connectivity index (χ3v) is 13.1. The third-order valence-electron chi connectivity index (χ3n) is 12.6. The van der Waals surface area contributed by atoms with E-state index < -0.39 is 47.8 Å². The van der Waals surface area contributed by atoms with Crippen molar-refractivity contribution in [2.75, 3.05) is 48.5 Å². The molecule has 372 valence electrons. The predicted molar refractivity (Wildman–Crippen MR) is 269 cm³/mol. The maximum atomic E-state index is 15.0. The van der Waals surface area contributed by atoms with Crippen LogP contribution in [0.3, 0.4) is 0 Å². The smallest absolute Gasteiger partial charge is 0.247 e. The molecule has 1 aliphatic heterocycles. The van der Waals surface area contributed by atoms with Crippen LogP contribution in [-0.2, 0) is 54.6 Å². The lowest BCUT2D eigenvalue weighted by atomic mass is 9.93. The van der Waals surface area contributed by atoms with E-state index in [1.165, 1.54) is 16.9 Å². The molecule has 5 aromatic rings. The topological polar surface area (TPSA) is 172 Å². The summed E-state index contributed by atoms with van der Waals surface area (Å²) >= 11 is 12.8. The molecule has 4 aromatic carbocycles. The molecule has 16 nitrogen and oxygen atoms in total. The van der Waals surface area contributed by atoms with Gasteiger partial charge >= 0.3 is 0 Å². The summed E-state index contributed by atoms with van der Waals surface area (Å²) in [5.74, 6) is -2.34. The number of carbonyl (C=O) groups is 5. The van der Waals surface area contributed by atoms with Crippen LogP contribution >= 0.6 is 23.2 Å². The Hall–Kier alpha value is -6.33. The first kappa shape index (κ1) is 53.0. The molecule has 0 spiro atoms. The van der Waals surface area contributed by atoms with Gasteiger partial charge in [0.1, 0.15) is 29.3 Å². The number of benzene rings is 4. The SMILES string of the molecule is COC[C@@H]1NC(=O)[C@H](C)N(Cc2ccc(Cl)cc2Oc2ccc(-n3nnc(CN(C)C)c3C)cc2)C(=O)C[C@@H](Cc2ccccc2)C(=O)N(C)[C@@H](C)CNC(=O)C[C@H](Cc2ccc(Cl)cc2)N(C)C1=O. The molecule has 0 radical (unpaired) electrons. The summed E-state index contributed by atoms with van der Waals surface area (Å²) in [5.41, 5.74) is 4.73. The van der Waals surface area contributed by atoms with Gasteiger partial charge in [-0.25, -0.2) is 4.68 Å². The number of rotatable bonds is 13. The number of carbonyl (C=O) groups excluding carboxylic acids is 5. The number of aromatic nitrogens is 3. The molecule has 1 aliphatic rings. The van der Waals surface area contributed by atoms with Gasteiger partial charge in [-0.3, -0.25) is 24.0 Å². The van der Waals surface area contributed by atoms with E-state index in [0.717, 1.165) is 28.2 Å². The number of nitrogens with zero attached hydrogens (tertiary/aromatic N) is 7. The van der Waals surface area contributed by atoms with Gasteiger partial charge < -0.3 is 39.7 Å². The largest absolute Gasteiger partial charge is 0.457 e. The first-order valence-electron chi connectivity index (χ1n) is 23.2. The Balaban J connectivity index is 1.36. The molecule has 1 aromatic heterocycles. The van der Waals surface area contributed by atoms with Crippen molar-refractivity contribution in [3.63, 3.8) is 0 Å². The van der Waals surface area contributed by atoms with E-state index in [4.69, 9.17) is 32.7 Å². The Labute approximate surface area is 420 Å². The van der Waals surface area contributed by atoms with Crippen LogP contribution in [0, 0.1) is 12.8 Å². The molecule has 0 saturated carbocycles. The minimum Gasteiger partial charge on any atom is -0.457 e. The molecule has 70 heavy (non-hydrogen) atoms. The Morgan fingerprint density at radius 1 is 0.800 bits per heavy atom. The second-order valence-corrected chi connectivity index (χ2v) is 19.0. The lowest BCUT2D eigenvalue weighted by Gasteiger charge is -2.35. The van der Waals surface area contributed by atoms with Gasteiger partial charge in [0, 0.05) is 74.8 Å². The van der Waals surface area contributed by atoms with E-state index in [9.17, 15) is 19.2 Å². The summed E-state index contributed by atoms with van der Waals surface area (Å²) in [4.78, 5) is 78.7. The summed E-state index contributed by atoms with van der Waals surface area (Å²) in [6, 6.07) is 25.3. The van der Waals surface area contributed by atoms with Crippen LogP contribution in [0.2, 0.25) is 10.0 Å². The van der Waals surface area contributed by atoms with E-state index in [1.807, 2.05) is 87.4 Å². The van der Waals surface area contributed by atoms with E-state index in [2.05, 4.69) is 20.9 Å². The highest BCUT2D eigenvalue weighted by Gasteiger charge is 2.36. The van der Waals surface area contributed by atoms with Gasteiger partial charge in [-0.05, 0) is 107 Å². The number of nitrogens with one attached hydrogen (secondary N) is 2. The second kappa shape index (κ2) is 24.5. The van der Waals surface area contributed by atoms with Crippen LogP contribution in [0.5, 0.6) is 11.5 Å². The average Bonchev–Trinajstić information content (AvgIpc) is 3.70. The average molecular weight is 997 g/mol. The number of hydrogen-bond acceptors (Lipinski definition) is 10. The lowest BCUT2D eigenvalue weighted by molar-refractivity contribution is -0.147.